The maximum absolute atomic E-state index is 12.1. The molecule has 5 heteroatoms. The molecule has 0 aliphatic rings. The molecule has 1 unspecified atom stereocenters. The topological polar surface area (TPSA) is 64.6 Å². The lowest BCUT2D eigenvalue weighted by Crippen LogP contribution is -2.46. The van der Waals surface area contributed by atoms with Crippen LogP contribution in [0.2, 0.25) is 0 Å². The molecule has 0 saturated heterocycles. The van der Waals surface area contributed by atoms with Crippen molar-refractivity contribution in [2.75, 3.05) is 13.2 Å². The molecule has 0 aromatic rings. The number of rotatable bonds is 11. The van der Waals surface area contributed by atoms with Crippen molar-refractivity contribution in [2.45, 2.75) is 72.3 Å². The van der Waals surface area contributed by atoms with Crippen LogP contribution in [0.5, 0.6) is 0 Å². The average Bonchev–Trinajstić information content (AvgIpc) is 2.49. The molecule has 2 atom stereocenters. The number of carbonyl (C=O) groups is 2. The Bertz CT molecular complexity index is 294. The van der Waals surface area contributed by atoms with Gasteiger partial charge >= 0.3 is 12.1 Å². The Kier molecular flexibility index (Phi) is 11.7. The van der Waals surface area contributed by atoms with Crippen molar-refractivity contribution >= 4 is 12.1 Å². The summed E-state index contributed by atoms with van der Waals surface area (Å²) < 4.78 is 10.2. The van der Waals surface area contributed by atoms with Crippen LogP contribution in [0.25, 0.3) is 0 Å². The molecule has 0 saturated carbocycles. The van der Waals surface area contributed by atoms with E-state index in [4.69, 9.17) is 9.47 Å². The first-order valence-electron chi connectivity index (χ1n) is 8.16. The molecule has 0 bridgehead atoms. The monoisotopic (exact) mass is 301 g/mol. The van der Waals surface area contributed by atoms with Crippen LogP contribution < -0.4 is 5.32 Å². The van der Waals surface area contributed by atoms with Gasteiger partial charge < -0.3 is 14.8 Å². The molecule has 0 fully saturated rings. The summed E-state index contributed by atoms with van der Waals surface area (Å²) in [6.07, 6.45) is 5.21. The summed E-state index contributed by atoms with van der Waals surface area (Å²) in [5.74, 6) is -0.350. The van der Waals surface area contributed by atoms with E-state index >= 15 is 0 Å². The summed E-state index contributed by atoms with van der Waals surface area (Å²) in [6, 6.07) is -0.634. The van der Waals surface area contributed by atoms with E-state index in [0.717, 1.165) is 38.5 Å². The largest absolute Gasteiger partial charge is 0.464 e. The van der Waals surface area contributed by atoms with Crippen LogP contribution >= 0.6 is 0 Å². The zero-order chi connectivity index (χ0) is 16.1. The second-order valence-corrected chi connectivity index (χ2v) is 5.37. The summed E-state index contributed by atoms with van der Waals surface area (Å²) in [6.45, 7) is 8.72. The van der Waals surface area contributed by atoms with E-state index in [1.165, 1.54) is 0 Å². The molecule has 0 aliphatic carbocycles. The summed E-state index contributed by atoms with van der Waals surface area (Å²) in [4.78, 5) is 23.7. The fraction of sp³-hybridized carbons (Fsp3) is 0.875. The molecule has 21 heavy (non-hydrogen) atoms. The Hall–Kier alpha value is -1.26. The third-order valence-electron chi connectivity index (χ3n) is 3.42. The third kappa shape index (κ3) is 9.32. The number of carbonyl (C=O) groups excluding carboxylic acids is 2. The Morgan fingerprint density at radius 2 is 1.67 bits per heavy atom. The van der Waals surface area contributed by atoms with Crippen LogP contribution in [0.4, 0.5) is 4.79 Å². The number of alkyl carbamates (subject to hydrolysis) is 1. The van der Waals surface area contributed by atoms with E-state index in [1.807, 2.05) is 20.8 Å². The highest BCUT2D eigenvalue weighted by molar-refractivity contribution is 5.81. The van der Waals surface area contributed by atoms with Gasteiger partial charge in [0.2, 0.25) is 0 Å². The summed E-state index contributed by atoms with van der Waals surface area (Å²) in [5, 5.41) is 2.62. The van der Waals surface area contributed by atoms with Crippen molar-refractivity contribution < 1.29 is 19.1 Å². The van der Waals surface area contributed by atoms with Gasteiger partial charge in [0.1, 0.15) is 6.04 Å². The standard InChI is InChI=1S/C16H31NO4/c1-5-8-9-10-12-20-15(18)14(13(4)7-3)17-16(19)21-11-6-2/h13-14H,5-12H2,1-4H3,(H,17,19)/t13?,14-/m0/s1. The van der Waals surface area contributed by atoms with Crippen LogP contribution in [0, 0.1) is 5.92 Å². The molecule has 0 aliphatic heterocycles. The molecule has 0 aromatic carbocycles. The highest BCUT2D eigenvalue weighted by Crippen LogP contribution is 2.10. The quantitative estimate of drug-likeness (QED) is 0.467. The zero-order valence-corrected chi connectivity index (χ0v) is 13.9. The molecular formula is C16H31NO4. The number of ether oxygens (including phenoxy) is 2. The van der Waals surface area contributed by atoms with Gasteiger partial charge in [-0.25, -0.2) is 9.59 Å². The number of unbranched alkanes of at least 4 members (excludes halogenated alkanes) is 3. The number of esters is 1. The lowest BCUT2D eigenvalue weighted by Gasteiger charge is -2.22. The molecular weight excluding hydrogens is 270 g/mol. The van der Waals surface area contributed by atoms with Gasteiger partial charge in [0.15, 0.2) is 0 Å². The predicted molar refractivity (Wildman–Crippen MR) is 83.1 cm³/mol. The molecule has 0 rings (SSSR count). The first kappa shape index (κ1) is 19.7. The van der Waals surface area contributed by atoms with E-state index in [-0.39, 0.29) is 11.9 Å². The maximum Gasteiger partial charge on any atom is 0.407 e. The van der Waals surface area contributed by atoms with E-state index in [1.54, 1.807) is 0 Å². The van der Waals surface area contributed by atoms with Crippen LogP contribution in [-0.4, -0.2) is 31.3 Å². The molecule has 1 amide bonds. The number of nitrogens with one attached hydrogen (secondary N) is 1. The van der Waals surface area contributed by atoms with Crippen LogP contribution in [-0.2, 0) is 14.3 Å². The van der Waals surface area contributed by atoms with Crippen molar-refractivity contribution in [3.05, 3.63) is 0 Å². The smallest absolute Gasteiger partial charge is 0.407 e. The minimum Gasteiger partial charge on any atom is -0.464 e. The molecule has 0 radical (unpaired) electrons. The highest BCUT2D eigenvalue weighted by atomic mass is 16.6. The SMILES string of the molecule is CCCCCCOC(=O)[C@@H](NC(=O)OCCC)C(C)CC. The van der Waals surface area contributed by atoms with Gasteiger partial charge in [0, 0.05) is 0 Å². The molecule has 1 N–H and O–H groups in total. The van der Waals surface area contributed by atoms with Crippen molar-refractivity contribution in [1.29, 1.82) is 0 Å². The van der Waals surface area contributed by atoms with Crippen molar-refractivity contribution in [2.24, 2.45) is 5.92 Å². The number of hydrogen-bond acceptors (Lipinski definition) is 4. The average molecular weight is 301 g/mol. The predicted octanol–water partition coefficient (Wildman–Crippen LogP) is 3.66. The van der Waals surface area contributed by atoms with Gasteiger partial charge in [-0.15, -0.1) is 0 Å². The Morgan fingerprint density at radius 3 is 2.24 bits per heavy atom. The van der Waals surface area contributed by atoms with Crippen molar-refractivity contribution in [1.82, 2.24) is 5.32 Å². The second-order valence-electron chi connectivity index (χ2n) is 5.37. The zero-order valence-electron chi connectivity index (χ0n) is 13.9. The van der Waals surface area contributed by atoms with Gasteiger partial charge in [-0.3, -0.25) is 0 Å². The van der Waals surface area contributed by atoms with Gasteiger partial charge in [0.25, 0.3) is 0 Å². The van der Waals surface area contributed by atoms with E-state index in [9.17, 15) is 9.59 Å². The minimum atomic E-state index is -0.634. The first-order chi connectivity index (χ1) is 10.1. The van der Waals surface area contributed by atoms with Crippen molar-refractivity contribution in [3.63, 3.8) is 0 Å². The highest BCUT2D eigenvalue weighted by Gasteiger charge is 2.27. The fourth-order valence-electron chi connectivity index (χ4n) is 1.82. The maximum atomic E-state index is 12.1. The summed E-state index contributed by atoms with van der Waals surface area (Å²) in [7, 11) is 0. The van der Waals surface area contributed by atoms with Crippen molar-refractivity contribution in [3.8, 4) is 0 Å². The summed E-state index contributed by atoms with van der Waals surface area (Å²) >= 11 is 0. The molecule has 0 spiro atoms. The van der Waals surface area contributed by atoms with Gasteiger partial charge in [-0.05, 0) is 18.8 Å². The molecule has 5 nitrogen and oxygen atoms in total. The number of amides is 1. The van der Waals surface area contributed by atoms with E-state index in [0.29, 0.717) is 13.2 Å². The minimum absolute atomic E-state index is 0.0160. The third-order valence-corrected chi connectivity index (χ3v) is 3.42. The first-order valence-corrected chi connectivity index (χ1v) is 8.16. The van der Waals surface area contributed by atoms with E-state index in [2.05, 4.69) is 12.2 Å². The van der Waals surface area contributed by atoms with Gasteiger partial charge in [-0.1, -0.05) is 53.4 Å². The Morgan fingerprint density at radius 1 is 0.952 bits per heavy atom. The van der Waals surface area contributed by atoms with Crippen LogP contribution in [0.1, 0.15) is 66.2 Å². The fourth-order valence-corrected chi connectivity index (χ4v) is 1.82. The number of hydrogen-bond donors (Lipinski definition) is 1. The Balaban J connectivity index is 4.26. The summed E-state index contributed by atoms with van der Waals surface area (Å²) in [5.41, 5.74) is 0. The van der Waals surface area contributed by atoms with Crippen LogP contribution in [0.15, 0.2) is 0 Å². The van der Waals surface area contributed by atoms with Crippen LogP contribution in [0.3, 0.4) is 0 Å². The van der Waals surface area contributed by atoms with Gasteiger partial charge in [0.05, 0.1) is 13.2 Å². The van der Waals surface area contributed by atoms with Gasteiger partial charge in [-0.2, -0.15) is 0 Å². The lowest BCUT2D eigenvalue weighted by molar-refractivity contribution is -0.147. The Labute approximate surface area is 128 Å². The molecule has 124 valence electrons. The second kappa shape index (κ2) is 12.5. The molecule has 0 aromatic heterocycles. The van der Waals surface area contributed by atoms with E-state index < -0.39 is 12.1 Å². The molecule has 0 heterocycles. The lowest BCUT2D eigenvalue weighted by atomic mass is 9.99. The normalized spacial score (nSPS) is 13.3.